The summed E-state index contributed by atoms with van der Waals surface area (Å²) in [6.45, 7) is 0. The van der Waals surface area contributed by atoms with Crippen LogP contribution in [0, 0.1) is 5.82 Å². The van der Waals surface area contributed by atoms with Crippen LogP contribution in [0.15, 0.2) is 40.9 Å². The van der Waals surface area contributed by atoms with E-state index in [2.05, 4.69) is 21.2 Å². The second-order valence-electron chi connectivity index (χ2n) is 4.05. The van der Waals surface area contributed by atoms with Gasteiger partial charge in [0, 0.05) is 10.2 Å². The fourth-order valence-corrected chi connectivity index (χ4v) is 1.97. The third-order valence-electron chi connectivity index (χ3n) is 2.55. The molecule has 0 bridgehead atoms. The maximum Gasteiger partial charge on any atom is 0.418 e. The molecule has 2 rings (SSSR count). The summed E-state index contributed by atoms with van der Waals surface area (Å²) in [5.74, 6) is -0.663. The van der Waals surface area contributed by atoms with E-state index in [1.54, 1.807) is 0 Å². The highest BCUT2D eigenvalue weighted by molar-refractivity contribution is 9.10. The van der Waals surface area contributed by atoms with E-state index < -0.39 is 17.6 Å². The summed E-state index contributed by atoms with van der Waals surface area (Å²) in [6, 6.07) is 7.31. The van der Waals surface area contributed by atoms with Crippen molar-refractivity contribution in [3.05, 3.63) is 52.3 Å². The Morgan fingerprint density at radius 2 is 1.65 bits per heavy atom. The molecule has 106 valence electrons. The molecular weight excluding hydrogens is 340 g/mol. The molecule has 3 N–H and O–H groups in total. The van der Waals surface area contributed by atoms with Crippen molar-refractivity contribution in [1.29, 1.82) is 0 Å². The first-order valence-corrected chi connectivity index (χ1v) is 6.25. The van der Waals surface area contributed by atoms with Gasteiger partial charge in [-0.15, -0.1) is 0 Å². The number of halogens is 5. The van der Waals surface area contributed by atoms with E-state index in [0.29, 0.717) is 4.47 Å². The summed E-state index contributed by atoms with van der Waals surface area (Å²) >= 11 is 3.07. The van der Waals surface area contributed by atoms with E-state index in [0.717, 1.165) is 12.1 Å². The van der Waals surface area contributed by atoms with Crippen molar-refractivity contribution in [2.75, 3.05) is 11.1 Å². The lowest BCUT2D eigenvalue weighted by Crippen LogP contribution is -2.10. The summed E-state index contributed by atoms with van der Waals surface area (Å²) in [7, 11) is 0. The maximum absolute atomic E-state index is 13.6. The molecule has 0 atom stereocenters. The van der Waals surface area contributed by atoms with Gasteiger partial charge in [-0.2, -0.15) is 13.2 Å². The molecular formula is C13H9BrF4N2. The Morgan fingerprint density at radius 3 is 2.25 bits per heavy atom. The van der Waals surface area contributed by atoms with Gasteiger partial charge < -0.3 is 11.1 Å². The van der Waals surface area contributed by atoms with Crippen LogP contribution in [0.1, 0.15) is 5.56 Å². The van der Waals surface area contributed by atoms with Gasteiger partial charge in [0.15, 0.2) is 0 Å². The van der Waals surface area contributed by atoms with Crippen molar-refractivity contribution in [3.8, 4) is 0 Å². The standard InChI is InChI=1S/C13H9BrF4N2/c14-7-1-3-12(10(15)5-7)20-11-4-2-8(19)6-9(11)13(16,17)18/h1-6,20H,19H2. The molecule has 0 aromatic heterocycles. The summed E-state index contributed by atoms with van der Waals surface area (Å²) in [4.78, 5) is 0. The van der Waals surface area contributed by atoms with Crippen LogP contribution in [0.3, 0.4) is 0 Å². The minimum Gasteiger partial charge on any atom is -0.399 e. The van der Waals surface area contributed by atoms with Gasteiger partial charge >= 0.3 is 6.18 Å². The van der Waals surface area contributed by atoms with Crippen molar-refractivity contribution in [3.63, 3.8) is 0 Å². The van der Waals surface area contributed by atoms with Crippen molar-refractivity contribution >= 4 is 33.0 Å². The van der Waals surface area contributed by atoms with E-state index in [9.17, 15) is 17.6 Å². The van der Waals surface area contributed by atoms with Crippen LogP contribution in [-0.4, -0.2) is 0 Å². The zero-order chi connectivity index (χ0) is 14.9. The lowest BCUT2D eigenvalue weighted by Gasteiger charge is -2.15. The fourth-order valence-electron chi connectivity index (χ4n) is 1.64. The minimum absolute atomic E-state index is 0.0147. The minimum atomic E-state index is -4.58. The number of nitrogens with one attached hydrogen (secondary N) is 1. The normalized spacial score (nSPS) is 11.4. The Kier molecular flexibility index (Phi) is 3.89. The second kappa shape index (κ2) is 5.32. The molecule has 0 fully saturated rings. The molecule has 0 spiro atoms. The van der Waals surface area contributed by atoms with Crippen molar-refractivity contribution in [2.24, 2.45) is 0 Å². The lowest BCUT2D eigenvalue weighted by molar-refractivity contribution is -0.136. The maximum atomic E-state index is 13.6. The topological polar surface area (TPSA) is 38.0 Å². The summed E-state index contributed by atoms with van der Waals surface area (Å²) < 4.78 is 52.8. The first-order chi connectivity index (χ1) is 9.27. The Balaban J connectivity index is 2.43. The van der Waals surface area contributed by atoms with Gasteiger partial charge in [-0.1, -0.05) is 15.9 Å². The quantitative estimate of drug-likeness (QED) is 0.596. The van der Waals surface area contributed by atoms with Crippen LogP contribution in [-0.2, 0) is 6.18 Å². The largest absolute Gasteiger partial charge is 0.418 e. The van der Waals surface area contributed by atoms with Gasteiger partial charge in [0.05, 0.1) is 16.9 Å². The molecule has 0 radical (unpaired) electrons. The number of anilines is 3. The zero-order valence-electron chi connectivity index (χ0n) is 9.93. The number of hydrogen-bond donors (Lipinski definition) is 2. The average Bonchev–Trinajstić information content (AvgIpc) is 2.33. The van der Waals surface area contributed by atoms with Crippen LogP contribution < -0.4 is 11.1 Å². The van der Waals surface area contributed by atoms with Gasteiger partial charge in [-0.25, -0.2) is 4.39 Å². The van der Waals surface area contributed by atoms with Crippen LogP contribution in [0.2, 0.25) is 0 Å². The van der Waals surface area contributed by atoms with Crippen molar-refractivity contribution in [1.82, 2.24) is 0 Å². The lowest BCUT2D eigenvalue weighted by atomic mass is 10.1. The fraction of sp³-hybridized carbons (Fsp3) is 0.0769. The van der Waals surface area contributed by atoms with Gasteiger partial charge in [0.1, 0.15) is 5.82 Å². The van der Waals surface area contributed by atoms with E-state index in [1.807, 2.05) is 0 Å². The van der Waals surface area contributed by atoms with E-state index in [4.69, 9.17) is 5.73 Å². The molecule has 0 heterocycles. The molecule has 2 aromatic rings. The van der Waals surface area contributed by atoms with Gasteiger partial charge in [0.2, 0.25) is 0 Å². The van der Waals surface area contributed by atoms with Crippen molar-refractivity contribution < 1.29 is 17.6 Å². The summed E-state index contributed by atoms with van der Waals surface area (Å²) in [6.07, 6.45) is -4.58. The highest BCUT2D eigenvalue weighted by Gasteiger charge is 2.33. The number of nitrogens with two attached hydrogens (primary N) is 1. The Hall–Kier alpha value is -1.76. The van der Waals surface area contributed by atoms with E-state index >= 15 is 0 Å². The van der Waals surface area contributed by atoms with Gasteiger partial charge in [-0.3, -0.25) is 0 Å². The van der Waals surface area contributed by atoms with Crippen LogP contribution in [0.5, 0.6) is 0 Å². The molecule has 0 aliphatic heterocycles. The molecule has 2 nitrogen and oxygen atoms in total. The first-order valence-electron chi connectivity index (χ1n) is 5.46. The molecule has 7 heteroatoms. The SMILES string of the molecule is Nc1ccc(Nc2ccc(Br)cc2F)c(C(F)(F)F)c1. The predicted octanol–water partition coefficient (Wildman–Crippen LogP) is 4.93. The number of hydrogen-bond acceptors (Lipinski definition) is 2. The molecule has 0 saturated heterocycles. The Labute approximate surface area is 120 Å². The first kappa shape index (κ1) is 14.6. The Bertz CT molecular complexity index is 641. The zero-order valence-corrected chi connectivity index (χ0v) is 11.5. The molecule has 0 aliphatic carbocycles. The average molecular weight is 349 g/mol. The number of rotatable bonds is 2. The number of alkyl halides is 3. The smallest absolute Gasteiger partial charge is 0.399 e. The monoisotopic (exact) mass is 348 g/mol. The molecule has 20 heavy (non-hydrogen) atoms. The molecule has 0 aliphatic rings. The van der Waals surface area contributed by atoms with Crippen molar-refractivity contribution in [2.45, 2.75) is 6.18 Å². The van der Waals surface area contributed by atoms with E-state index in [1.165, 1.54) is 24.3 Å². The molecule has 0 unspecified atom stereocenters. The highest BCUT2D eigenvalue weighted by Crippen LogP contribution is 2.37. The number of nitrogen functional groups attached to an aromatic ring is 1. The highest BCUT2D eigenvalue weighted by atomic mass is 79.9. The Morgan fingerprint density at radius 1 is 1.00 bits per heavy atom. The van der Waals surface area contributed by atoms with Crippen LogP contribution in [0.25, 0.3) is 0 Å². The number of benzene rings is 2. The molecule has 2 aromatic carbocycles. The third kappa shape index (κ3) is 3.22. The third-order valence-corrected chi connectivity index (χ3v) is 3.04. The van der Waals surface area contributed by atoms with Gasteiger partial charge in [0.25, 0.3) is 0 Å². The van der Waals surface area contributed by atoms with Crippen LogP contribution >= 0.6 is 15.9 Å². The predicted molar refractivity (Wildman–Crippen MR) is 73.2 cm³/mol. The van der Waals surface area contributed by atoms with Gasteiger partial charge in [-0.05, 0) is 36.4 Å². The molecule has 0 amide bonds. The van der Waals surface area contributed by atoms with Crippen LogP contribution in [0.4, 0.5) is 34.6 Å². The summed E-state index contributed by atoms with van der Waals surface area (Å²) in [5.41, 5.74) is 4.09. The van der Waals surface area contributed by atoms with E-state index in [-0.39, 0.29) is 17.1 Å². The summed E-state index contributed by atoms with van der Waals surface area (Å²) in [5, 5.41) is 2.43. The second-order valence-corrected chi connectivity index (χ2v) is 4.97. The molecule has 0 saturated carbocycles.